The zero-order chi connectivity index (χ0) is 11.4. The zero-order valence-electron chi connectivity index (χ0n) is 9.14. The van der Waals surface area contributed by atoms with E-state index < -0.39 is 0 Å². The molecule has 7 heteroatoms. The lowest BCUT2D eigenvalue weighted by Crippen LogP contribution is -2.39. The van der Waals surface area contributed by atoms with Gasteiger partial charge in [-0.3, -0.25) is 4.79 Å². The van der Waals surface area contributed by atoms with Crippen LogP contribution in [0.1, 0.15) is 36.8 Å². The van der Waals surface area contributed by atoms with Crippen molar-refractivity contribution in [2.45, 2.75) is 37.5 Å². The highest BCUT2D eigenvalue weighted by Crippen LogP contribution is 2.29. The van der Waals surface area contributed by atoms with Gasteiger partial charge in [-0.2, -0.15) is 17.0 Å². The summed E-state index contributed by atoms with van der Waals surface area (Å²) in [5.74, 6) is 0.966. The molecule has 0 aliphatic heterocycles. The second-order valence-corrected chi connectivity index (χ2v) is 5.26. The number of carbonyl (C=O) groups is 1. The number of hydrogen-bond acceptors (Lipinski definition) is 5. The highest BCUT2D eigenvalue weighted by molar-refractivity contribution is 7.99. The third kappa shape index (κ3) is 2.52. The minimum Gasteiger partial charge on any atom is -0.345 e. The molecule has 88 valence electrons. The summed E-state index contributed by atoms with van der Waals surface area (Å²) < 4.78 is 0. The molecule has 0 radical (unpaired) electrons. The number of hydrogen-bond donors (Lipinski definition) is 2. The van der Waals surface area contributed by atoms with E-state index in [0.717, 1.165) is 12.2 Å². The Labute approximate surface area is 98.0 Å². The molecule has 0 saturated heterocycles. The van der Waals surface area contributed by atoms with Crippen LogP contribution in [0.4, 0.5) is 0 Å². The van der Waals surface area contributed by atoms with Crippen LogP contribution >= 0.6 is 11.8 Å². The molecule has 16 heavy (non-hydrogen) atoms. The fourth-order valence-electron chi connectivity index (χ4n) is 2.00. The van der Waals surface area contributed by atoms with Gasteiger partial charge < -0.3 is 5.32 Å². The normalized spacial score (nSPS) is 24.6. The maximum absolute atomic E-state index is 11.7. The molecule has 1 heterocycles. The molecule has 2 unspecified atom stereocenters. The number of nitrogens with one attached hydrogen (secondary N) is 2. The van der Waals surface area contributed by atoms with Crippen LogP contribution < -0.4 is 5.32 Å². The van der Waals surface area contributed by atoms with Gasteiger partial charge in [-0.25, -0.2) is 0 Å². The maximum Gasteiger partial charge on any atom is 0.293 e. The van der Waals surface area contributed by atoms with E-state index in [4.69, 9.17) is 0 Å². The van der Waals surface area contributed by atoms with Gasteiger partial charge in [0.15, 0.2) is 0 Å². The molecule has 2 atom stereocenters. The quantitative estimate of drug-likeness (QED) is 0.806. The largest absolute Gasteiger partial charge is 0.345 e. The molecule has 0 aromatic carbocycles. The summed E-state index contributed by atoms with van der Waals surface area (Å²) >= 11 is 1.91. The summed E-state index contributed by atoms with van der Waals surface area (Å²) in [5, 5.41) is 16.5. The standard InChI is InChI=1S/C9H15N5OS/c1-2-16-7-5-3-4-6(7)10-9(15)8-11-13-14-12-8/h6-7H,2-5H2,1H3,(H,10,15)(H,11,12,13,14). The summed E-state index contributed by atoms with van der Waals surface area (Å²) in [4.78, 5) is 11.7. The molecule has 0 bridgehead atoms. The van der Waals surface area contributed by atoms with Crippen molar-refractivity contribution in [1.29, 1.82) is 0 Å². The average Bonchev–Trinajstić information content (AvgIpc) is 2.90. The molecule has 2 rings (SSSR count). The van der Waals surface area contributed by atoms with Gasteiger partial charge in [-0.15, -0.1) is 10.2 Å². The lowest BCUT2D eigenvalue weighted by molar-refractivity contribution is 0.0928. The molecule has 1 aromatic rings. The van der Waals surface area contributed by atoms with E-state index >= 15 is 0 Å². The first-order valence-corrected chi connectivity index (χ1v) is 6.52. The van der Waals surface area contributed by atoms with Crippen LogP contribution in [0.25, 0.3) is 0 Å². The minimum absolute atomic E-state index is 0.118. The highest BCUT2D eigenvalue weighted by atomic mass is 32.2. The number of rotatable bonds is 4. The smallest absolute Gasteiger partial charge is 0.293 e. The number of thioether (sulfide) groups is 1. The van der Waals surface area contributed by atoms with Gasteiger partial charge in [0.25, 0.3) is 11.7 Å². The Hall–Kier alpha value is -1.11. The predicted octanol–water partition coefficient (Wildman–Crippen LogP) is 0.604. The SMILES string of the molecule is CCSC1CCCC1NC(=O)c1nn[nH]n1. The number of amides is 1. The van der Waals surface area contributed by atoms with Crippen LogP contribution in [0.2, 0.25) is 0 Å². The van der Waals surface area contributed by atoms with Crippen molar-refractivity contribution in [2.24, 2.45) is 0 Å². The Morgan fingerprint density at radius 3 is 3.19 bits per heavy atom. The Bertz CT molecular complexity index is 342. The first kappa shape index (κ1) is 11.4. The first-order chi connectivity index (χ1) is 7.81. The number of aromatic amines is 1. The van der Waals surface area contributed by atoms with Crippen LogP contribution in [-0.4, -0.2) is 43.6 Å². The van der Waals surface area contributed by atoms with E-state index in [1.54, 1.807) is 0 Å². The van der Waals surface area contributed by atoms with Crippen LogP contribution in [0, 0.1) is 0 Å². The summed E-state index contributed by atoms with van der Waals surface area (Å²) in [6, 6.07) is 0.246. The van der Waals surface area contributed by atoms with Crippen LogP contribution in [0.5, 0.6) is 0 Å². The molecular formula is C9H15N5OS. The molecule has 1 fully saturated rings. The van der Waals surface area contributed by atoms with Crippen molar-refractivity contribution < 1.29 is 4.79 Å². The second kappa shape index (κ2) is 5.29. The third-order valence-corrected chi connectivity index (χ3v) is 4.02. The van der Waals surface area contributed by atoms with Gasteiger partial charge in [-0.05, 0) is 23.8 Å². The van der Waals surface area contributed by atoms with Crippen molar-refractivity contribution >= 4 is 17.7 Å². The van der Waals surface area contributed by atoms with E-state index in [1.165, 1.54) is 12.8 Å². The van der Waals surface area contributed by atoms with Crippen LogP contribution in [0.3, 0.4) is 0 Å². The molecule has 1 aliphatic rings. The maximum atomic E-state index is 11.7. The second-order valence-electron chi connectivity index (χ2n) is 3.74. The molecule has 1 aliphatic carbocycles. The zero-order valence-corrected chi connectivity index (χ0v) is 9.96. The number of tetrazole rings is 1. The van der Waals surface area contributed by atoms with E-state index in [9.17, 15) is 4.79 Å². The third-order valence-electron chi connectivity index (χ3n) is 2.70. The number of carbonyl (C=O) groups excluding carboxylic acids is 1. The predicted molar refractivity (Wildman–Crippen MR) is 61.2 cm³/mol. The van der Waals surface area contributed by atoms with E-state index in [2.05, 4.69) is 32.9 Å². The van der Waals surface area contributed by atoms with E-state index in [-0.39, 0.29) is 17.8 Å². The first-order valence-electron chi connectivity index (χ1n) is 5.47. The van der Waals surface area contributed by atoms with Gasteiger partial charge in [0.1, 0.15) is 0 Å². The molecule has 1 amide bonds. The Morgan fingerprint density at radius 1 is 1.62 bits per heavy atom. The van der Waals surface area contributed by atoms with Gasteiger partial charge in [0.2, 0.25) is 0 Å². The van der Waals surface area contributed by atoms with Crippen LogP contribution in [0.15, 0.2) is 0 Å². The molecular weight excluding hydrogens is 226 g/mol. The fourth-order valence-corrected chi connectivity index (χ4v) is 3.19. The fraction of sp³-hybridized carbons (Fsp3) is 0.778. The van der Waals surface area contributed by atoms with Crippen LogP contribution in [-0.2, 0) is 0 Å². The monoisotopic (exact) mass is 241 g/mol. The number of aromatic nitrogens is 4. The van der Waals surface area contributed by atoms with E-state index in [1.807, 2.05) is 11.8 Å². The summed E-state index contributed by atoms with van der Waals surface area (Å²) in [6.45, 7) is 2.14. The molecule has 6 nitrogen and oxygen atoms in total. The Morgan fingerprint density at radius 2 is 2.50 bits per heavy atom. The average molecular weight is 241 g/mol. The summed E-state index contributed by atoms with van der Waals surface area (Å²) in [6.07, 6.45) is 3.39. The summed E-state index contributed by atoms with van der Waals surface area (Å²) in [7, 11) is 0. The van der Waals surface area contributed by atoms with E-state index in [0.29, 0.717) is 5.25 Å². The molecule has 0 spiro atoms. The van der Waals surface area contributed by atoms with Crippen molar-refractivity contribution in [3.05, 3.63) is 5.82 Å². The molecule has 1 aromatic heterocycles. The summed E-state index contributed by atoms with van der Waals surface area (Å²) in [5.41, 5.74) is 0. The lowest BCUT2D eigenvalue weighted by Gasteiger charge is -2.19. The minimum atomic E-state index is -0.234. The van der Waals surface area contributed by atoms with Crippen molar-refractivity contribution in [3.63, 3.8) is 0 Å². The number of H-pyrrole nitrogens is 1. The van der Waals surface area contributed by atoms with Crippen molar-refractivity contribution in [1.82, 2.24) is 25.9 Å². The molecule has 1 saturated carbocycles. The van der Waals surface area contributed by atoms with Gasteiger partial charge in [0, 0.05) is 11.3 Å². The van der Waals surface area contributed by atoms with Gasteiger partial charge in [0.05, 0.1) is 0 Å². The Kier molecular flexibility index (Phi) is 3.76. The topological polar surface area (TPSA) is 83.6 Å². The highest BCUT2D eigenvalue weighted by Gasteiger charge is 2.29. The van der Waals surface area contributed by atoms with Crippen molar-refractivity contribution in [3.8, 4) is 0 Å². The van der Waals surface area contributed by atoms with Gasteiger partial charge >= 0.3 is 0 Å². The van der Waals surface area contributed by atoms with Gasteiger partial charge in [-0.1, -0.05) is 13.3 Å². The molecule has 2 N–H and O–H groups in total. The van der Waals surface area contributed by atoms with Crippen molar-refractivity contribution in [2.75, 3.05) is 5.75 Å². The lowest BCUT2D eigenvalue weighted by atomic mass is 10.2. The number of nitrogens with zero attached hydrogens (tertiary/aromatic N) is 3. The Balaban J connectivity index is 1.91.